The number of hydrogen-bond acceptors (Lipinski definition) is 3. The van der Waals surface area contributed by atoms with Gasteiger partial charge in [-0.25, -0.2) is 0 Å². The van der Waals surface area contributed by atoms with Crippen molar-refractivity contribution in [2.75, 3.05) is 6.54 Å². The van der Waals surface area contributed by atoms with E-state index in [4.69, 9.17) is 9.52 Å². The van der Waals surface area contributed by atoms with Crippen LogP contribution < -0.4 is 5.32 Å². The molecule has 0 bridgehead atoms. The Morgan fingerprint density at radius 1 is 1.28 bits per heavy atom. The molecule has 2 aromatic rings. The van der Waals surface area contributed by atoms with Gasteiger partial charge in [0.05, 0.1) is 6.26 Å². The van der Waals surface area contributed by atoms with Crippen LogP contribution in [0.3, 0.4) is 0 Å². The Labute approximate surface area is 106 Å². The fourth-order valence-corrected chi connectivity index (χ4v) is 1.92. The van der Waals surface area contributed by atoms with Gasteiger partial charge in [-0.1, -0.05) is 18.2 Å². The molecule has 0 saturated carbocycles. The molecule has 96 valence electrons. The number of furan rings is 1. The largest absolute Gasteiger partial charge is 0.481 e. The van der Waals surface area contributed by atoms with Crippen molar-refractivity contribution in [3.8, 4) is 0 Å². The minimum absolute atomic E-state index is 0.246. The average Bonchev–Trinajstić information content (AvgIpc) is 2.77. The highest BCUT2D eigenvalue weighted by atomic mass is 16.4. The summed E-state index contributed by atoms with van der Waals surface area (Å²) >= 11 is 0. The van der Waals surface area contributed by atoms with Crippen molar-refractivity contribution < 1.29 is 14.3 Å². The molecule has 1 aromatic carbocycles. The van der Waals surface area contributed by atoms with Crippen molar-refractivity contribution >= 4 is 16.9 Å². The van der Waals surface area contributed by atoms with Crippen molar-refractivity contribution in [2.45, 2.75) is 25.8 Å². The van der Waals surface area contributed by atoms with E-state index in [9.17, 15) is 4.79 Å². The lowest BCUT2D eigenvalue weighted by atomic mass is 10.2. The summed E-state index contributed by atoms with van der Waals surface area (Å²) in [5.74, 6) is -0.726. The summed E-state index contributed by atoms with van der Waals surface area (Å²) in [7, 11) is 0. The fourth-order valence-electron chi connectivity index (χ4n) is 1.92. The summed E-state index contributed by atoms with van der Waals surface area (Å²) in [6.45, 7) is 1.58. The maximum Gasteiger partial charge on any atom is 0.303 e. The predicted octanol–water partition coefficient (Wildman–Crippen LogP) is 2.78. The second-order valence-corrected chi connectivity index (χ2v) is 4.28. The molecule has 0 amide bonds. The first-order chi connectivity index (χ1) is 8.77. The van der Waals surface area contributed by atoms with Crippen LogP contribution in [0.15, 0.2) is 34.9 Å². The van der Waals surface area contributed by atoms with E-state index >= 15 is 0 Å². The van der Waals surface area contributed by atoms with Crippen LogP contribution in [0.2, 0.25) is 0 Å². The van der Waals surface area contributed by atoms with Crippen molar-refractivity contribution in [3.63, 3.8) is 0 Å². The number of nitrogens with one attached hydrogen (secondary N) is 1. The summed E-state index contributed by atoms with van der Waals surface area (Å²) < 4.78 is 5.44. The zero-order chi connectivity index (χ0) is 12.8. The lowest BCUT2D eigenvalue weighted by molar-refractivity contribution is -0.137. The van der Waals surface area contributed by atoms with Crippen LogP contribution in [0.25, 0.3) is 11.0 Å². The zero-order valence-corrected chi connectivity index (χ0v) is 10.2. The van der Waals surface area contributed by atoms with Gasteiger partial charge in [0.25, 0.3) is 0 Å². The molecule has 1 aromatic heterocycles. The molecule has 1 heterocycles. The molecule has 0 aliphatic heterocycles. The normalized spacial score (nSPS) is 10.9. The van der Waals surface area contributed by atoms with Crippen LogP contribution in [0.5, 0.6) is 0 Å². The van der Waals surface area contributed by atoms with Crippen LogP contribution in [0, 0.1) is 0 Å². The standard InChI is InChI=1S/C14H17NO3/c16-14(17)7-3-4-8-15-9-11-10-18-13-6-2-1-5-12(11)13/h1-2,5-6,10,15H,3-4,7-9H2,(H,16,17). The SMILES string of the molecule is O=C(O)CCCCNCc1coc2ccccc12. The molecule has 4 heteroatoms. The minimum atomic E-state index is -0.726. The topological polar surface area (TPSA) is 62.5 Å². The first kappa shape index (κ1) is 12.6. The highest BCUT2D eigenvalue weighted by molar-refractivity contribution is 5.80. The van der Waals surface area contributed by atoms with E-state index in [0.29, 0.717) is 6.42 Å². The summed E-state index contributed by atoms with van der Waals surface area (Å²) in [5, 5.41) is 12.9. The molecular weight excluding hydrogens is 230 g/mol. The smallest absolute Gasteiger partial charge is 0.303 e. The van der Waals surface area contributed by atoms with E-state index in [1.54, 1.807) is 6.26 Å². The van der Waals surface area contributed by atoms with E-state index in [0.717, 1.165) is 36.0 Å². The first-order valence-electron chi connectivity index (χ1n) is 6.15. The fraction of sp³-hybridized carbons (Fsp3) is 0.357. The Bertz CT molecular complexity index is 518. The molecule has 0 aliphatic carbocycles. The Balaban J connectivity index is 1.75. The lowest BCUT2D eigenvalue weighted by Crippen LogP contribution is -2.14. The summed E-state index contributed by atoms with van der Waals surface area (Å²) in [6.07, 6.45) is 3.61. The van der Waals surface area contributed by atoms with Gasteiger partial charge >= 0.3 is 5.97 Å². The molecule has 2 N–H and O–H groups in total. The monoisotopic (exact) mass is 247 g/mol. The number of benzene rings is 1. The third-order valence-electron chi connectivity index (χ3n) is 2.87. The van der Waals surface area contributed by atoms with Crippen LogP contribution in [0.4, 0.5) is 0 Å². The summed E-state index contributed by atoms with van der Waals surface area (Å²) in [4.78, 5) is 10.3. The predicted molar refractivity (Wildman–Crippen MR) is 69.4 cm³/mol. The van der Waals surface area contributed by atoms with Crippen molar-refractivity contribution in [1.82, 2.24) is 5.32 Å². The number of rotatable bonds is 7. The van der Waals surface area contributed by atoms with Crippen molar-refractivity contribution in [1.29, 1.82) is 0 Å². The Morgan fingerprint density at radius 2 is 2.11 bits per heavy atom. The van der Waals surface area contributed by atoms with Gasteiger partial charge in [0.2, 0.25) is 0 Å². The number of carboxylic acid groups (broad SMARTS) is 1. The maximum atomic E-state index is 10.3. The van der Waals surface area contributed by atoms with Gasteiger partial charge in [-0.2, -0.15) is 0 Å². The molecule has 0 atom stereocenters. The van der Waals surface area contributed by atoms with E-state index in [1.165, 1.54) is 0 Å². The molecule has 0 radical (unpaired) electrons. The molecule has 0 fully saturated rings. The Morgan fingerprint density at radius 3 is 2.94 bits per heavy atom. The zero-order valence-electron chi connectivity index (χ0n) is 10.2. The van der Waals surface area contributed by atoms with Gasteiger partial charge < -0.3 is 14.8 Å². The number of para-hydroxylation sites is 1. The molecule has 0 saturated heterocycles. The first-order valence-corrected chi connectivity index (χ1v) is 6.15. The van der Waals surface area contributed by atoms with Crippen LogP contribution >= 0.6 is 0 Å². The average molecular weight is 247 g/mol. The molecule has 0 unspecified atom stereocenters. The number of hydrogen-bond donors (Lipinski definition) is 2. The molecule has 18 heavy (non-hydrogen) atoms. The lowest BCUT2D eigenvalue weighted by Gasteiger charge is -2.02. The second kappa shape index (κ2) is 6.21. The van der Waals surface area contributed by atoms with E-state index < -0.39 is 5.97 Å². The number of fused-ring (bicyclic) bond motifs is 1. The molecule has 2 rings (SSSR count). The van der Waals surface area contributed by atoms with Gasteiger partial charge in [0.1, 0.15) is 5.58 Å². The molecule has 0 spiro atoms. The molecular formula is C14H17NO3. The van der Waals surface area contributed by atoms with Crippen LogP contribution in [0.1, 0.15) is 24.8 Å². The number of unbranched alkanes of at least 4 members (excludes halogenated alkanes) is 1. The highest BCUT2D eigenvalue weighted by Gasteiger charge is 2.03. The van der Waals surface area contributed by atoms with Crippen LogP contribution in [-0.4, -0.2) is 17.6 Å². The van der Waals surface area contributed by atoms with E-state index in [1.807, 2.05) is 24.3 Å². The number of aliphatic carboxylic acids is 1. The number of carbonyl (C=O) groups is 1. The third-order valence-corrected chi connectivity index (χ3v) is 2.87. The van der Waals surface area contributed by atoms with Gasteiger partial charge in [-0.15, -0.1) is 0 Å². The van der Waals surface area contributed by atoms with Crippen LogP contribution in [-0.2, 0) is 11.3 Å². The Kier molecular flexibility index (Phi) is 4.36. The van der Waals surface area contributed by atoms with Gasteiger partial charge in [-0.05, 0) is 25.5 Å². The molecule has 0 aliphatic rings. The van der Waals surface area contributed by atoms with E-state index in [-0.39, 0.29) is 6.42 Å². The Hall–Kier alpha value is -1.81. The minimum Gasteiger partial charge on any atom is -0.481 e. The third kappa shape index (κ3) is 3.34. The van der Waals surface area contributed by atoms with Gasteiger partial charge in [0.15, 0.2) is 0 Å². The molecule has 4 nitrogen and oxygen atoms in total. The van der Waals surface area contributed by atoms with Crippen molar-refractivity contribution in [3.05, 3.63) is 36.1 Å². The summed E-state index contributed by atoms with van der Waals surface area (Å²) in [5.41, 5.74) is 2.05. The maximum absolute atomic E-state index is 10.3. The van der Waals surface area contributed by atoms with Crippen molar-refractivity contribution in [2.24, 2.45) is 0 Å². The number of carboxylic acids is 1. The second-order valence-electron chi connectivity index (χ2n) is 4.28. The quantitative estimate of drug-likeness (QED) is 0.738. The van der Waals surface area contributed by atoms with Gasteiger partial charge in [0, 0.05) is 23.9 Å². The summed E-state index contributed by atoms with van der Waals surface area (Å²) in [6, 6.07) is 7.94. The highest BCUT2D eigenvalue weighted by Crippen LogP contribution is 2.20. The van der Waals surface area contributed by atoms with E-state index in [2.05, 4.69) is 5.32 Å². The van der Waals surface area contributed by atoms with Gasteiger partial charge in [-0.3, -0.25) is 4.79 Å².